The number of aryl methyl sites for hydroxylation is 1. The third-order valence-corrected chi connectivity index (χ3v) is 5.21. The molecule has 2 aromatic heterocycles. The molecule has 0 atom stereocenters. The lowest BCUT2D eigenvalue weighted by molar-refractivity contribution is 0.0221. The van der Waals surface area contributed by atoms with Gasteiger partial charge in [-0.05, 0) is 38.8 Å². The topological polar surface area (TPSA) is 68.8 Å². The van der Waals surface area contributed by atoms with Gasteiger partial charge in [0.1, 0.15) is 5.60 Å². The summed E-state index contributed by atoms with van der Waals surface area (Å²) in [6.45, 7) is 8.74. The fourth-order valence-corrected chi connectivity index (χ4v) is 3.75. The van der Waals surface area contributed by atoms with Gasteiger partial charge in [-0.2, -0.15) is 0 Å². The van der Waals surface area contributed by atoms with Crippen molar-refractivity contribution in [1.29, 1.82) is 0 Å². The molecule has 0 saturated carbocycles. The van der Waals surface area contributed by atoms with Gasteiger partial charge in [0.05, 0.1) is 18.7 Å². The van der Waals surface area contributed by atoms with Gasteiger partial charge in [0.2, 0.25) is 5.78 Å². The van der Waals surface area contributed by atoms with Crippen LogP contribution >= 0.6 is 0 Å². The van der Waals surface area contributed by atoms with E-state index in [4.69, 9.17) is 4.74 Å². The monoisotopic (exact) mass is 394 g/mol. The SMILES string of the molecule is Cc1ccccc1Cn1c(=O)c2c(n3ccnc13)CCN(C(=O)OC(C)(C)C)C2. The summed E-state index contributed by atoms with van der Waals surface area (Å²) in [5.74, 6) is 0.628. The molecule has 3 heterocycles. The molecule has 4 rings (SSSR count). The van der Waals surface area contributed by atoms with E-state index in [-0.39, 0.29) is 12.1 Å². The maximum Gasteiger partial charge on any atom is 0.410 e. The second-order valence-electron chi connectivity index (χ2n) is 8.49. The Labute approximate surface area is 169 Å². The first kappa shape index (κ1) is 19.2. The van der Waals surface area contributed by atoms with Gasteiger partial charge in [0.25, 0.3) is 5.56 Å². The lowest BCUT2D eigenvalue weighted by atomic mass is 10.1. The molecular formula is C22H26N4O3. The number of hydrogen-bond donors (Lipinski definition) is 0. The second kappa shape index (κ2) is 7.06. The Hall–Kier alpha value is -3.09. The van der Waals surface area contributed by atoms with Gasteiger partial charge in [-0.3, -0.25) is 13.8 Å². The zero-order chi connectivity index (χ0) is 20.8. The van der Waals surface area contributed by atoms with E-state index in [9.17, 15) is 9.59 Å². The minimum Gasteiger partial charge on any atom is -0.444 e. The number of hydrogen-bond acceptors (Lipinski definition) is 4. The molecular weight excluding hydrogens is 368 g/mol. The largest absolute Gasteiger partial charge is 0.444 e. The molecule has 7 heteroatoms. The summed E-state index contributed by atoms with van der Waals surface area (Å²) in [7, 11) is 0. The number of fused-ring (bicyclic) bond motifs is 3. The number of carbonyl (C=O) groups is 1. The summed E-state index contributed by atoms with van der Waals surface area (Å²) in [5.41, 5.74) is 3.06. The van der Waals surface area contributed by atoms with Crippen molar-refractivity contribution >= 4 is 11.9 Å². The molecule has 0 spiro atoms. The Kier molecular flexibility index (Phi) is 4.68. The highest BCUT2D eigenvalue weighted by Gasteiger charge is 2.29. The van der Waals surface area contributed by atoms with Gasteiger partial charge < -0.3 is 9.64 Å². The normalized spacial score (nSPS) is 14.1. The van der Waals surface area contributed by atoms with E-state index in [0.29, 0.717) is 30.9 Å². The van der Waals surface area contributed by atoms with E-state index in [1.807, 2.05) is 62.6 Å². The molecule has 0 radical (unpaired) electrons. The second-order valence-corrected chi connectivity index (χ2v) is 8.49. The minimum absolute atomic E-state index is 0.102. The Morgan fingerprint density at radius 1 is 1.24 bits per heavy atom. The Bertz CT molecular complexity index is 1140. The van der Waals surface area contributed by atoms with Gasteiger partial charge in [0.15, 0.2) is 0 Å². The van der Waals surface area contributed by atoms with Gasteiger partial charge >= 0.3 is 6.09 Å². The van der Waals surface area contributed by atoms with Crippen molar-refractivity contribution in [2.24, 2.45) is 0 Å². The maximum atomic E-state index is 13.4. The molecule has 29 heavy (non-hydrogen) atoms. The van der Waals surface area contributed by atoms with Crippen molar-refractivity contribution in [3.63, 3.8) is 0 Å². The van der Waals surface area contributed by atoms with E-state index < -0.39 is 11.7 Å². The number of imidazole rings is 1. The quantitative estimate of drug-likeness (QED) is 0.670. The number of rotatable bonds is 2. The molecule has 1 aromatic carbocycles. The third-order valence-electron chi connectivity index (χ3n) is 5.21. The van der Waals surface area contributed by atoms with E-state index in [0.717, 1.165) is 16.8 Å². The summed E-state index contributed by atoms with van der Waals surface area (Å²) in [4.78, 5) is 32.0. The Morgan fingerprint density at radius 3 is 2.72 bits per heavy atom. The van der Waals surface area contributed by atoms with Crippen LogP contribution in [0.5, 0.6) is 0 Å². The molecule has 1 amide bonds. The van der Waals surface area contributed by atoms with Gasteiger partial charge in [-0.25, -0.2) is 9.78 Å². The summed E-state index contributed by atoms with van der Waals surface area (Å²) in [5, 5.41) is 0. The number of aromatic nitrogens is 3. The standard InChI is InChI=1S/C22H26N4O3/c1-15-7-5-6-8-16(15)13-26-19(27)17-14-24(21(28)29-22(2,3)4)11-9-18(17)25-12-10-23-20(25)26/h5-8,10,12H,9,11,13-14H2,1-4H3. The predicted molar refractivity (Wildman–Crippen MR) is 110 cm³/mol. The van der Waals surface area contributed by atoms with E-state index in [1.165, 1.54) is 0 Å². The molecule has 0 fully saturated rings. The number of benzene rings is 1. The fraction of sp³-hybridized carbons (Fsp3) is 0.409. The van der Waals surface area contributed by atoms with Crippen LogP contribution in [-0.4, -0.2) is 37.1 Å². The zero-order valence-corrected chi connectivity index (χ0v) is 17.3. The van der Waals surface area contributed by atoms with E-state index in [2.05, 4.69) is 4.98 Å². The van der Waals surface area contributed by atoms with Crippen molar-refractivity contribution in [3.8, 4) is 0 Å². The minimum atomic E-state index is -0.573. The highest BCUT2D eigenvalue weighted by Crippen LogP contribution is 2.21. The summed E-state index contributed by atoms with van der Waals surface area (Å²) < 4.78 is 9.17. The molecule has 1 aliphatic heterocycles. The first-order chi connectivity index (χ1) is 13.7. The number of carbonyl (C=O) groups excluding carboxylic acids is 1. The smallest absolute Gasteiger partial charge is 0.410 e. The predicted octanol–water partition coefficient (Wildman–Crippen LogP) is 3.15. The molecule has 152 valence electrons. The molecule has 0 saturated heterocycles. The average molecular weight is 394 g/mol. The Balaban J connectivity index is 1.76. The molecule has 7 nitrogen and oxygen atoms in total. The maximum absolute atomic E-state index is 13.4. The van der Waals surface area contributed by atoms with Crippen LogP contribution in [0.4, 0.5) is 4.79 Å². The van der Waals surface area contributed by atoms with Crippen molar-refractivity contribution in [3.05, 3.63) is 69.4 Å². The van der Waals surface area contributed by atoms with Crippen molar-refractivity contribution in [1.82, 2.24) is 18.9 Å². The van der Waals surface area contributed by atoms with Crippen molar-refractivity contribution in [2.75, 3.05) is 6.54 Å². The molecule has 3 aromatic rings. The molecule has 1 aliphatic rings. The molecule has 0 aliphatic carbocycles. The summed E-state index contributed by atoms with van der Waals surface area (Å²) in [6.07, 6.45) is 3.79. The zero-order valence-electron chi connectivity index (χ0n) is 17.3. The highest BCUT2D eigenvalue weighted by molar-refractivity contribution is 5.68. The van der Waals surface area contributed by atoms with Crippen LogP contribution in [0.15, 0.2) is 41.5 Å². The van der Waals surface area contributed by atoms with Crippen LogP contribution in [0.3, 0.4) is 0 Å². The number of amides is 1. The summed E-state index contributed by atoms with van der Waals surface area (Å²) >= 11 is 0. The van der Waals surface area contributed by atoms with Gasteiger partial charge in [-0.15, -0.1) is 0 Å². The average Bonchev–Trinajstić information content (AvgIpc) is 3.14. The van der Waals surface area contributed by atoms with E-state index in [1.54, 1.807) is 15.7 Å². The first-order valence-corrected chi connectivity index (χ1v) is 9.84. The molecule has 0 N–H and O–H groups in total. The van der Waals surface area contributed by atoms with Crippen molar-refractivity contribution in [2.45, 2.75) is 52.8 Å². The molecule has 0 unspecified atom stereocenters. The Morgan fingerprint density at radius 2 is 2.00 bits per heavy atom. The lowest BCUT2D eigenvalue weighted by Gasteiger charge is -2.31. The summed E-state index contributed by atoms with van der Waals surface area (Å²) in [6, 6.07) is 8.01. The fourth-order valence-electron chi connectivity index (χ4n) is 3.75. The van der Waals surface area contributed by atoms with Crippen LogP contribution in [0.25, 0.3) is 5.78 Å². The van der Waals surface area contributed by atoms with Crippen LogP contribution < -0.4 is 5.56 Å². The van der Waals surface area contributed by atoms with Crippen molar-refractivity contribution < 1.29 is 9.53 Å². The number of ether oxygens (including phenoxy) is 1. The van der Waals surface area contributed by atoms with E-state index >= 15 is 0 Å². The number of nitrogens with zero attached hydrogens (tertiary/aromatic N) is 4. The van der Waals surface area contributed by atoms with Crippen LogP contribution in [0.2, 0.25) is 0 Å². The van der Waals surface area contributed by atoms with Gasteiger partial charge in [-0.1, -0.05) is 24.3 Å². The molecule has 0 bridgehead atoms. The van der Waals surface area contributed by atoms with Gasteiger partial charge in [0, 0.05) is 31.1 Å². The first-order valence-electron chi connectivity index (χ1n) is 9.84. The lowest BCUT2D eigenvalue weighted by Crippen LogP contribution is -2.43. The van der Waals surface area contributed by atoms with Crippen LogP contribution in [-0.2, 0) is 24.2 Å². The van der Waals surface area contributed by atoms with Crippen LogP contribution in [0, 0.1) is 6.92 Å². The highest BCUT2D eigenvalue weighted by atomic mass is 16.6. The third kappa shape index (κ3) is 3.64. The van der Waals surface area contributed by atoms with Crippen LogP contribution in [0.1, 0.15) is 43.2 Å².